The molecule has 0 saturated heterocycles. The van der Waals surface area contributed by atoms with Gasteiger partial charge in [0.25, 0.3) is 0 Å². The molecule has 1 N–H and O–H groups in total. The van der Waals surface area contributed by atoms with Crippen molar-refractivity contribution in [1.29, 1.82) is 0 Å². The molecule has 0 saturated carbocycles. The van der Waals surface area contributed by atoms with Crippen molar-refractivity contribution in [2.24, 2.45) is 0 Å². The number of aliphatic hydroxyl groups is 1. The highest BCUT2D eigenvalue weighted by Crippen LogP contribution is 2.36. The minimum atomic E-state index is -0.721. The molecule has 1 aromatic rings. The zero-order valence-corrected chi connectivity index (χ0v) is 8.09. The second kappa shape index (κ2) is 3.08. The summed E-state index contributed by atoms with van der Waals surface area (Å²) in [5.74, 6) is -1.49. The summed E-state index contributed by atoms with van der Waals surface area (Å²) in [5, 5.41) is 9.45. The van der Waals surface area contributed by atoms with Crippen LogP contribution in [-0.4, -0.2) is 12.2 Å². The normalized spacial score (nSPS) is 15.0. The zero-order chi connectivity index (χ0) is 11.2. The van der Waals surface area contributed by atoms with Gasteiger partial charge in [0.1, 0.15) is 17.4 Å². The summed E-state index contributed by atoms with van der Waals surface area (Å²) in [7, 11) is 1.60. The molecule has 0 atom stereocenters. The van der Waals surface area contributed by atoms with Gasteiger partial charge in [-0.25, -0.2) is 8.78 Å². The van der Waals surface area contributed by atoms with Crippen molar-refractivity contribution in [2.45, 2.75) is 0 Å². The molecule has 2 nitrogen and oxygen atoms in total. The molecule has 0 amide bonds. The molecule has 2 rings (SSSR count). The van der Waals surface area contributed by atoms with Crippen LogP contribution in [0.5, 0.6) is 0 Å². The van der Waals surface area contributed by atoms with Crippen LogP contribution in [0.1, 0.15) is 5.56 Å². The summed E-state index contributed by atoms with van der Waals surface area (Å²) >= 11 is 0. The van der Waals surface area contributed by atoms with Gasteiger partial charge in [0, 0.05) is 30.5 Å². The van der Waals surface area contributed by atoms with Crippen molar-refractivity contribution >= 4 is 11.3 Å². The predicted octanol–water partition coefficient (Wildman–Crippen LogP) is 2.83. The van der Waals surface area contributed by atoms with Crippen LogP contribution in [0.2, 0.25) is 0 Å². The minimum Gasteiger partial charge on any atom is -0.506 e. The lowest BCUT2D eigenvalue weighted by molar-refractivity contribution is 0.433. The summed E-state index contributed by atoms with van der Waals surface area (Å²) < 4.78 is 26.4. The molecule has 78 valence electrons. The molecule has 0 fully saturated rings. The Balaban J connectivity index is 2.72. The average molecular weight is 209 g/mol. The Morgan fingerprint density at radius 3 is 2.67 bits per heavy atom. The number of fused-ring (bicyclic) bond motifs is 1. The van der Waals surface area contributed by atoms with Crippen LogP contribution in [0.15, 0.2) is 30.7 Å². The molecule has 1 aromatic carbocycles. The number of allylic oxidation sites excluding steroid dienone is 1. The van der Waals surface area contributed by atoms with Gasteiger partial charge in [-0.1, -0.05) is 6.58 Å². The molecular weight excluding hydrogens is 200 g/mol. The van der Waals surface area contributed by atoms with Crippen molar-refractivity contribution in [3.05, 3.63) is 47.9 Å². The van der Waals surface area contributed by atoms with Gasteiger partial charge in [0.15, 0.2) is 0 Å². The van der Waals surface area contributed by atoms with Crippen LogP contribution in [0, 0.1) is 11.6 Å². The molecule has 1 heterocycles. The second-order valence-corrected chi connectivity index (χ2v) is 3.39. The van der Waals surface area contributed by atoms with Gasteiger partial charge in [0.2, 0.25) is 0 Å². The number of benzene rings is 1. The third kappa shape index (κ3) is 1.38. The fraction of sp³-hybridized carbons (Fsp3) is 0.0909. The number of hydrogen-bond acceptors (Lipinski definition) is 2. The monoisotopic (exact) mass is 209 g/mol. The third-order valence-corrected chi connectivity index (χ3v) is 2.34. The molecule has 0 aliphatic carbocycles. The van der Waals surface area contributed by atoms with Gasteiger partial charge in [-0.3, -0.25) is 0 Å². The topological polar surface area (TPSA) is 23.5 Å². The summed E-state index contributed by atoms with van der Waals surface area (Å²) in [6.45, 7) is 3.55. The molecule has 0 bridgehead atoms. The van der Waals surface area contributed by atoms with E-state index in [1.54, 1.807) is 7.05 Å². The van der Waals surface area contributed by atoms with Gasteiger partial charge in [-0.2, -0.15) is 0 Å². The molecule has 1 aliphatic rings. The van der Waals surface area contributed by atoms with Crippen LogP contribution in [0.3, 0.4) is 0 Å². The van der Waals surface area contributed by atoms with Gasteiger partial charge in [0.05, 0.1) is 5.69 Å². The van der Waals surface area contributed by atoms with Crippen LogP contribution >= 0.6 is 0 Å². The van der Waals surface area contributed by atoms with Crippen LogP contribution in [0.4, 0.5) is 14.5 Å². The fourth-order valence-electron chi connectivity index (χ4n) is 1.60. The number of hydrogen-bond donors (Lipinski definition) is 1. The molecule has 0 unspecified atom stereocenters. The molecular formula is C11H9F2NO. The van der Waals surface area contributed by atoms with Gasteiger partial charge >= 0.3 is 0 Å². The van der Waals surface area contributed by atoms with E-state index in [-0.39, 0.29) is 16.9 Å². The van der Waals surface area contributed by atoms with E-state index in [0.29, 0.717) is 5.69 Å². The first-order valence-electron chi connectivity index (χ1n) is 4.33. The third-order valence-electron chi connectivity index (χ3n) is 2.34. The quantitative estimate of drug-likeness (QED) is 0.710. The lowest BCUT2D eigenvalue weighted by Crippen LogP contribution is -2.17. The highest BCUT2D eigenvalue weighted by molar-refractivity contribution is 5.87. The Morgan fingerprint density at radius 2 is 2.00 bits per heavy atom. The molecule has 15 heavy (non-hydrogen) atoms. The molecule has 4 heteroatoms. The Bertz CT molecular complexity index is 480. The van der Waals surface area contributed by atoms with Crippen molar-refractivity contribution in [2.75, 3.05) is 11.9 Å². The van der Waals surface area contributed by atoms with Crippen molar-refractivity contribution < 1.29 is 13.9 Å². The maximum absolute atomic E-state index is 13.5. The Kier molecular flexibility index (Phi) is 2.00. The van der Waals surface area contributed by atoms with E-state index in [2.05, 4.69) is 6.58 Å². The maximum Gasteiger partial charge on any atom is 0.139 e. The highest BCUT2D eigenvalue weighted by Gasteiger charge is 2.22. The van der Waals surface area contributed by atoms with E-state index < -0.39 is 11.6 Å². The van der Waals surface area contributed by atoms with Gasteiger partial charge in [-0.15, -0.1) is 0 Å². The van der Waals surface area contributed by atoms with Crippen LogP contribution in [-0.2, 0) is 0 Å². The van der Waals surface area contributed by atoms with Gasteiger partial charge in [-0.05, 0) is 6.07 Å². The standard InChI is InChI=1S/C11H9F2NO/c1-6-10(15)5-14(2)9-4-7(12)3-8(13)11(6)9/h3-5,15H,1H2,2H3. The zero-order valence-electron chi connectivity index (χ0n) is 8.09. The molecule has 0 radical (unpaired) electrons. The van der Waals surface area contributed by atoms with Crippen molar-refractivity contribution in [3.8, 4) is 0 Å². The lowest BCUT2D eigenvalue weighted by atomic mass is 9.99. The second-order valence-electron chi connectivity index (χ2n) is 3.39. The maximum atomic E-state index is 13.5. The van der Waals surface area contributed by atoms with Crippen molar-refractivity contribution in [3.63, 3.8) is 0 Å². The fourth-order valence-corrected chi connectivity index (χ4v) is 1.60. The first-order chi connectivity index (χ1) is 7.00. The molecule has 0 aromatic heterocycles. The Morgan fingerprint density at radius 1 is 1.33 bits per heavy atom. The Hall–Kier alpha value is -1.84. The number of rotatable bonds is 0. The first-order valence-corrected chi connectivity index (χ1v) is 4.33. The van der Waals surface area contributed by atoms with E-state index in [4.69, 9.17) is 0 Å². The minimum absolute atomic E-state index is 0.115. The van der Waals surface area contributed by atoms with E-state index in [9.17, 15) is 13.9 Å². The van der Waals surface area contributed by atoms with Gasteiger partial charge < -0.3 is 10.0 Å². The van der Waals surface area contributed by atoms with Crippen molar-refractivity contribution in [1.82, 2.24) is 0 Å². The molecule has 0 spiro atoms. The smallest absolute Gasteiger partial charge is 0.139 e. The first kappa shape index (κ1) is 9.71. The number of nitrogens with zero attached hydrogens (tertiary/aromatic N) is 1. The number of halogens is 2. The van der Waals surface area contributed by atoms with Crippen LogP contribution in [0.25, 0.3) is 5.57 Å². The number of anilines is 1. The van der Waals surface area contributed by atoms with E-state index in [1.165, 1.54) is 17.2 Å². The SMILES string of the molecule is C=C1C(O)=CN(C)c2cc(F)cc(F)c21. The van der Waals surface area contributed by atoms with E-state index >= 15 is 0 Å². The Labute approximate surface area is 85.8 Å². The average Bonchev–Trinajstić information content (AvgIpc) is 2.13. The lowest BCUT2D eigenvalue weighted by Gasteiger charge is -2.25. The summed E-state index contributed by atoms with van der Waals surface area (Å²) in [4.78, 5) is 1.45. The summed E-state index contributed by atoms with van der Waals surface area (Å²) in [6.07, 6.45) is 1.36. The van der Waals surface area contributed by atoms with E-state index in [1.807, 2.05) is 0 Å². The summed E-state index contributed by atoms with van der Waals surface area (Å²) in [6, 6.07) is 1.98. The predicted molar refractivity (Wildman–Crippen MR) is 54.5 cm³/mol. The van der Waals surface area contributed by atoms with Crippen LogP contribution < -0.4 is 4.90 Å². The number of aliphatic hydroxyl groups excluding tert-OH is 1. The summed E-state index contributed by atoms with van der Waals surface area (Å²) in [5.41, 5.74) is 0.662. The largest absolute Gasteiger partial charge is 0.506 e. The molecule has 1 aliphatic heterocycles. The van der Waals surface area contributed by atoms with E-state index in [0.717, 1.165) is 6.07 Å². The highest BCUT2D eigenvalue weighted by atomic mass is 19.1.